The number of sulfonamides is 1. The van der Waals surface area contributed by atoms with Gasteiger partial charge in [0, 0.05) is 13.0 Å². The first-order chi connectivity index (χ1) is 19.2. The Labute approximate surface area is 238 Å². The molecule has 0 spiro atoms. The molecule has 0 radical (unpaired) electrons. The lowest BCUT2D eigenvalue weighted by Gasteiger charge is -2.34. The zero-order chi connectivity index (χ0) is 28.7. The summed E-state index contributed by atoms with van der Waals surface area (Å²) in [4.78, 5) is 13.5. The van der Waals surface area contributed by atoms with Crippen molar-refractivity contribution in [1.29, 1.82) is 0 Å². The first-order valence-electron chi connectivity index (χ1n) is 13.6. The molecule has 0 amide bonds. The van der Waals surface area contributed by atoms with Crippen molar-refractivity contribution < 1.29 is 17.9 Å². The molecule has 0 aliphatic heterocycles. The molecule has 0 saturated heterocycles. The van der Waals surface area contributed by atoms with Gasteiger partial charge < -0.3 is 4.74 Å². The number of ether oxygens (including phenoxy) is 1. The Bertz CT molecular complexity index is 1500. The van der Waals surface area contributed by atoms with Crippen LogP contribution in [0.15, 0.2) is 108 Å². The van der Waals surface area contributed by atoms with E-state index in [1.54, 1.807) is 0 Å². The molecule has 0 saturated carbocycles. The average Bonchev–Trinajstić information content (AvgIpc) is 2.94. The topological polar surface area (TPSA) is 63.7 Å². The van der Waals surface area contributed by atoms with Gasteiger partial charge in [0.25, 0.3) is 0 Å². The Morgan fingerprint density at radius 2 is 1.27 bits per heavy atom. The summed E-state index contributed by atoms with van der Waals surface area (Å²) in [6.45, 7) is 7.58. The first-order valence-corrected chi connectivity index (χ1v) is 15.0. The van der Waals surface area contributed by atoms with Crippen LogP contribution in [0.4, 0.5) is 0 Å². The molecule has 2 atom stereocenters. The van der Waals surface area contributed by atoms with E-state index in [0.717, 1.165) is 22.3 Å². The van der Waals surface area contributed by atoms with Gasteiger partial charge in [-0.05, 0) is 61.9 Å². The predicted molar refractivity (Wildman–Crippen MR) is 159 cm³/mol. The van der Waals surface area contributed by atoms with Crippen LogP contribution in [-0.4, -0.2) is 24.7 Å². The summed E-state index contributed by atoms with van der Waals surface area (Å²) < 4.78 is 36.5. The molecular weight excluding hydrogens is 518 g/mol. The summed E-state index contributed by atoms with van der Waals surface area (Å²) in [7, 11) is -3.98. The SMILES string of the molecule is Cc1cc(C)c(S(=O)(=O)N(Cc2ccccc2)[C@@H](C)[C@H](OC(=O)CCc2ccccc2)c2ccccc2)c(C)c1. The van der Waals surface area contributed by atoms with Gasteiger partial charge in [-0.25, -0.2) is 8.42 Å². The fourth-order valence-corrected chi connectivity index (χ4v) is 7.27. The fraction of sp³-hybridized carbons (Fsp3) is 0.265. The van der Waals surface area contributed by atoms with Gasteiger partial charge in [0.1, 0.15) is 6.10 Å². The van der Waals surface area contributed by atoms with Crippen LogP contribution in [0.3, 0.4) is 0 Å². The van der Waals surface area contributed by atoms with Crippen molar-refractivity contribution in [1.82, 2.24) is 4.31 Å². The Kier molecular flexibility index (Phi) is 9.56. The number of aryl methyl sites for hydroxylation is 4. The van der Waals surface area contributed by atoms with Gasteiger partial charge in [0.15, 0.2) is 0 Å². The van der Waals surface area contributed by atoms with E-state index < -0.39 is 22.2 Å². The third-order valence-corrected chi connectivity index (χ3v) is 9.33. The highest BCUT2D eigenvalue weighted by Crippen LogP contribution is 2.33. The number of rotatable bonds is 11. The summed E-state index contributed by atoms with van der Waals surface area (Å²) in [6.07, 6.45) is -0.0561. The van der Waals surface area contributed by atoms with Gasteiger partial charge in [-0.1, -0.05) is 109 Å². The van der Waals surface area contributed by atoms with Gasteiger partial charge in [-0.2, -0.15) is 4.31 Å². The molecule has 0 aliphatic rings. The third-order valence-electron chi connectivity index (χ3n) is 7.09. The molecule has 0 heterocycles. The second kappa shape index (κ2) is 13.1. The molecule has 40 heavy (non-hydrogen) atoms. The van der Waals surface area contributed by atoms with Gasteiger partial charge in [0.2, 0.25) is 10.0 Å². The van der Waals surface area contributed by atoms with Crippen LogP contribution in [0, 0.1) is 20.8 Å². The normalized spacial score (nSPS) is 13.1. The molecule has 0 aromatic heterocycles. The van der Waals surface area contributed by atoms with Crippen LogP contribution in [0.2, 0.25) is 0 Å². The monoisotopic (exact) mass is 555 g/mol. The zero-order valence-corrected chi connectivity index (χ0v) is 24.4. The maximum absolute atomic E-state index is 14.4. The molecule has 4 aromatic carbocycles. The summed E-state index contributed by atoms with van der Waals surface area (Å²) in [5.41, 5.74) is 5.03. The number of carbonyl (C=O) groups is 1. The third kappa shape index (κ3) is 7.06. The lowest BCUT2D eigenvalue weighted by molar-refractivity contribution is -0.152. The largest absolute Gasteiger partial charge is 0.456 e. The minimum atomic E-state index is -3.98. The summed E-state index contributed by atoms with van der Waals surface area (Å²) in [6, 6.07) is 31.8. The van der Waals surface area contributed by atoms with E-state index in [0.29, 0.717) is 22.4 Å². The van der Waals surface area contributed by atoms with Gasteiger partial charge in [-0.15, -0.1) is 0 Å². The van der Waals surface area contributed by atoms with E-state index in [4.69, 9.17) is 4.74 Å². The van der Waals surface area contributed by atoms with E-state index in [1.165, 1.54) is 4.31 Å². The van der Waals surface area contributed by atoms with Crippen molar-refractivity contribution in [2.24, 2.45) is 0 Å². The number of esters is 1. The second-order valence-corrected chi connectivity index (χ2v) is 12.1. The van der Waals surface area contributed by atoms with Crippen molar-refractivity contribution in [2.75, 3.05) is 0 Å². The first kappa shape index (κ1) is 29.2. The number of hydrogen-bond donors (Lipinski definition) is 0. The lowest BCUT2D eigenvalue weighted by Crippen LogP contribution is -2.43. The second-order valence-electron chi connectivity index (χ2n) is 10.3. The van der Waals surface area contributed by atoms with E-state index in [9.17, 15) is 13.2 Å². The maximum Gasteiger partial charge on any atom is 0.306 e. The van der Waals surface area contributed by atoms with Gasteiger partial charge in [0.05, 0.1) is 10.9 Å². The number of nitrogens with zero attached hydrogens (tertiary/aromatic N) is 1. The molecule has 0 N–H and O–H groups in total. The van der Waals surface area contributed by atoms with Crippen LogP contribution in [-0.2, 0) is 32.5 Å². The fourth-order valence-electron chi connectivity index (χ4n) is 5.23. The lowest BCUT2D eigenvalue weighted by atomic mass is 10.0. The van der Waals surface area contributed by atoms with Crippen molar-refractivity contribution in [2.45, 2.75) is 64.1 Å². The minimum Gasteiger partial charge on any atom is -0.456 e. The highest BCUT2D eigenvalue weighted by atomic mass is 32.2. The highest BCUT2D eigenvalue weighted by molar-refractivity contribution is 7.89. The molecule has 0 fully saturated rings. The quantitative estimate of drug-likeness (QED) is 0.185. The van der Waals surface area contributed by atoms with Crippen molar-refractivity contribution >= 4 is 16.0 Å². The average molecular weight is 556 g/mol. The van der Waals surface area contributed by atoms with E-state index in [-0.39, 0.29) is 18.9 Å². The molecule has 4 rings (SSSR count). The molecule has 0 bridgehead atoms. The molecule has 6 heteroatoms. The molecule has 208 valence electrons. The molecule has 4 aromatic rings. The maximum atomic E-state index is 14.4. The van der Waals surface area contributed by atoms with Crippen LogP contribution < -0.4 is 0 Å². The zero-order valence-electron chi connectivity index (χ0n) is 23.6. The highest BCUT2D eigenvalue weighted by Gasteiger charge is 2.37. The summed E-state index contributed by atoms with van der Waals surface area (Å²) in [5, 5.41) is 0. The van der Waals surface area contributed by atoms with E-state index in [2.05, 4.69) is 0 Å². The Morgan fingerprint density at radius 1 is 0.775 bits per heavy atom. The van der Waals surface area contributed by atoms with Crippen molar-refractivity contribution in [3.05, 3.63) is 137 Å². The molecule has 0 aliphatic carbocycles. The van der Waals surface area contributed by atoms with E-state index >= 15 is 0 Å². The van der Waals surface area contributed by atoms with Crippen LogP contribution in [0.5, 0.6) is 0 Å². The van der Waals surface area contributed by atoms with Crippen molar-refractivity contribution in [3.63, 3.8) is 0 Å². The van der Waals surface area contributed by atoms with E-state index in [1.807, 2.05) is 131 Å². The Morgan fingerprint density at radius 3 is 1.82 bits per heavy atom. The minimum absolute atomic E-state index is 0.141. The van der Waals surface area contributed by atoms with Gasteiger partial charge in [-0.3, -0.25) is 4.79 Å². The summed E-state index contributed by atoms with van der Waals surface area (Å²) >= 11 is 0. The Balaban J connectivity index is 1.72. The van der Waals surface area contributed by atoms with Gasteiger partial charge >= 0.3 is 5.97 Å². The molecule has 5 nitrogen and oxygen atoms in total. The molecular formula is C34H37NO4S. The number of carbonyl (C=O) groups excluding carboxylic acids is 1. The number of benzene rings is 4. The predicted octanol–water partition coefficient (Wildman–Crippen LogP) is 7.11. The van der Waals surface area contributed by atoms with Crippen LogP contribution >= 0.6 is 0 Å². The molecule has 0 unspecified atom stereocenters. The smallest absolute Gasteiger partial charge is 0.306 e. The van der Waals surface area contributed by atoms with Crippen molar-refractivity contribution in [3.8, 4) is 0 Å². The Hall–Kier alpha value is -3.74. The summed E-state index contributed by atoms with van der Waals surface area (Å²) in [5.74, 6) is -0.371. The van der Waals surface area contributed by atoms with Crippen LogP contribution in [0.1, 0.15) is 52.8 Å². The van der Waals surface area contributed by atoms with Crippen LogP contribution in [0.25, 0.3) is 0 Å². The standard InChI is InChI=1S/C34H37NO4S/c1-25-22-26(2)34(27(3)23-25)40(37,38)35(24-30-16-10-6-11-17-30)28(4)33(31-18-12-7-13-19-31)39-32(36)21-20-29-14-8-5-9-15-29/h5-19,22-23,28,33H,20-21,24H2,1-4H3/t28-,33-/m0/s1. The number of hydrogen-bond acceptors (Lipinski definition) is 4.